The highest BCUT2D eigenvalue weighted by Crippen LogP contribution is 2.42. The molecule has 1 saturated carbocycles. The van der Waals surface area contributed by atoms with Gasteiger partial charge in [-0.3, -0.25) is 0 Å². The number of hydrogen-bond acceptors (Lipinski definition) is 2. The molecule has 1 nitrogen and oxygen atoms in total. The molecule has 0 bridgehead atoms. The first kappa shape index (κ1) is 14.6. The molecular weight excluding hydrogens is 262 g/mol. The number of thiophene rings is 1. The number of rotatable bonds is 3. The Bertz CT molecular complexity index is 413. The Morgan fingerprint density at radius 2 is 1.95 bits per heavy atom. The van der Waals surface area contributed by atoms with Gasteiger partial charge in [0.05, 0.1) is 0 Å². The van der Waals surface area contributed by atoms with E-state index < -0.39 is 0 Å². The lowest BCUT2D eigenvalue weighted by atomic mass is 9.74. The van der Waals surface area contributed by atoms with Crippen LogP contribution in [-0.2, 0) is 12.8 Å². The molecule has 3 unspecified atom stereocenters. The molecule has 1 aromatic heterocycles. The van der Waals surface area contributed by atoms with Crippen LogP contribution in [-0.4, -0.2) is 0 Å². The summed E-state index contributed by atoms with van der Waals surface area (Å²) in [5.74, 6) is 1.59. The molecular formula is C18H29NS. The summed E-state index contributed by atoms with van der Waals surface area (Å²) in [6.45, 7) is 2.35. The Morgan fingerprint density at radius 3 is 2.80 bits per heavy atom. The van der Waals surface area contributed by atoms with E-state index in [0.29, 0.717) is 6.04 Å². The van der Waals surface area contributed by atoms with E-state index in [0.717, 1.165) is 11.8 Å². The predicted molar refractivity (Wildman–Crippen MR) is 88.2 cm³/mol. The Kier molecular flexibility index (Phi) is 4.83. The molecule has 1 aromatic rings. The highest BCUT2D eigenvalue weighted by atomic mass is 32.1. The lowest BCUT2D eigenvalue weighted by Crippen LogP contribution is -2.29. The molecule has 2 heteroatoms. The van der Waals surface area contributed by atoms with Gasteiger partial charge in [-0.2, -0.15) is 0 Å². The predicted octanol–water partition coefficient (Wildman–Crippen LogP) is 5.23. The van der Waals surface area contributed by atoms with Crippen molar-refractivity contribution < 1.29 is 0 Å². The fourth-order valence-electron chi connectivity index (χ4n) is 4.28. The summed E-state index contributed by atoms with van der Waals surface area (Å²) in [4.78, 5) is 3.14. The summed E-state index contributed by atoms with van der Waals surface area (Å²) < 4.78 is 0. The van der Waals surface area contributed by atoms with Crippen molar-refractivity contribution >= 4 is 11.3 Å². The van der Waals surface area contributed by atoms with Gasteiger partial charge in [0.25, 0.3) is 0 Å². The van der Waals surface area contributed by atoms with Crippen molar-refractivity contribution in [2.24, 2.45) is 17.6 Å². The van der Waals surface area contributed by atoms with E-state index in [1.807, 2.05) is 11.3 Å². The van der Waals surface area contributed by atoms with Gasteiger partial charge in [-0.05, 0) is 55.6 Å². The van der Waals surface area contributed by atoms with Crippen LogP contribution in [0.5, 0.6) is 0 Å². The van der Waals surface area contributed by atoms with Gasteiger partial charge in [0, 0.05) is 15.8 Å². The van der Waals surface area contributed by atoms with Gasteiger partial charge >= 0.3 is 0 Å². The molecule has 0 aromatic carbocycles. The summed E-state index contributed by atoms with van der Waals surface area (Å²) in [6.07, 6.45) is 13.6. The van der Waals surface area contributed by atoms with E-state index in [2.05, 4.69) is 13.0 Å². The molecule has 1 heterocycles. The van der Waals surface area contributed by atoms with E-state index in [-0.39, 0.29) is 0 Å². The molecule has 2 N–H and O–H groups in total. The Labute approximate surface area is 128 Å². The fourth-order valence-corrected chi connectivity index (χ4v) is 5.62. The lowest BCUT2D eigenvalue weighted by molar-refractivity contribution is 0.198. The van der Waals surface area contributed by atoms with Gasteiger partial charge in [-0.25, -0.2) is 0 Å². The van der Waals surface area contributed by atoms with Crippen LogP contribution in [0.1, 0.15) is 79.6 Å². The maximum absolute atomic E-state index is 6.70. The average Bonchev–Trinajstić information content (AvgIpc) is 2.77. The van der Waals surface area contributed by atoms with E-state index in [1.54, 1.807) is 10.4 Å². The second-order valence-electron chi connectivity index (χ2n) is 6.80. The molecule has 0 radical (unpaired) electrons. The summed E-state index contributed by atoms with van der Waals surface area (Å²) in [7, 11) is 0. The van der Waals surface area contributed by atoms with E-state index in [1.165, 1.54) is 69.1 Å². The molecule has 20 heavy (non-hydrogen) atoms. The zero-order valence-electron chi connectivity index (χ0n) is 12.9. The van der Waals surface area contributed by atoms with Crippen molar-refractivity contribution in [3.8, 4) is 0 Å². The van der Waals surface area contributed by atoms with Crippen LogP contribution in [0.3, 0.4) is 0 Å². The van der Waals surface area contributed by atoms with Gasteiger partial charge < -0.3 is 5.73 Å². The number of nitrogens with two attached hydrogens (primary N) is 1. The van der Waals surface area contributed by atoms with Crippen molar-refractivity contribution in [1.82, 2.24) is 0 Å². The first-order valence-corrected chi connectivity index (χ1v) is 9.48. The van der Waals surface area contributed by atoms with Crippen molar-refractivity contribution in [2.75, 3.05) is 0 Å². The minimum Gasteiger partial charge on any atom is -0.323 e. The topological polar surface area (TPSA) is 26.0 Å². The zero-order chi connectivity index (χ0) is 13.9. The zero-order valence-corrected chi connectivity index (χ0v) is 13.7. The minimum absolute atomic E-state index is 0.303. The Hall–Kier alpha value is -0.340. The molecule has 0 aliphatic heterocycles. The highest BCUT2D eigenvalue weighted by Gasteiger charge is 2.30. The monoisotopic (exact) mass is 291 g/mol. The SMILES string of the molecule is CCC1CCCCC1C(N)c1cc2c(s1)CCCCC2. The van der Waals surface area contributed by atoms with Crippen LogP contribution >= 0.6 is 11.3 Å². The molecule has 1 fully saturated rings. The second kappa shape index (κ2) is 6.62. The summed E-state index contributed by atoms with van der Waals surface area (Å²) in [6, 6.07) is 2.77. The third-order valence-electron chi connectivity index (χ3n) is 5.55. The Morgan fingerprint density at radius 1 is 1.15 bits per heavy atom. The summed E-state index contributed by atoms with van der Waals surface area (Å²) in [5, 5.41) is 0. The third kappa shape index (κ3) is 2.96. The van der Waals surface area contributed by atoms with E-state index in [4.69, 9.17) is 5.73 Å². The van der Waals surface area contributed by atoms with Crippen LogP contribution < -0.4 is 5.73 Å². The van der Waals surface area contributed by atoms with Crippen molar-refractivity contribution in [3.05, 3.63) is 21.4 Å². The highest BCUT2D eigenvalue weighted by molar-refractivity contribution is 7.12. The quantitative estimate of drug-likeness (QED) is 0.758. The molecule has 2 aliphatic carbocycles. The van der Waals surface area contributed by atoms with E-state index >= 15 is 0 Å². The lowest BCUT2D eigenvalue weighted by Gasteiger charge is -2.34. The molecule has 0 spiro atoms. The molecule has 112 valence electrons. The normalized spacial score (nSPS) is 28.7. The van der Waals surface area contributed by atoms with Crippen LogP contribution in [0.25, 0.3) is 0 Å². The summed E-state index contributed by atoms with van der Waals surface area (Å²) >= 11 is 2.04. The maximum Gasteiger partial charge on any atom is 0.0421 e. The number of fused-ring (bicyclic) bond motifs is 1. The number of hydrogen-bond donors (Lipinski definition) is 1. The van der Waals surface area contributed by atoms with Crippen molar-refractivity contribution in [3.63, 3.8) is 0 Å². The summed E-state index contributed by atoms with van der Waals surface area (Å²) in [5.41, 5.74) is 8.32. The van der Waals surface area contributed by atoms with Crippen LogP contribution in [0.2, 0.25) is 0 Å². The van der Waals surface area contributed by atoms with Crippen molar-refractivity contribution in [2.45, 2.75) is 77.2 Å². The van der Waals surface area contributed by atoms with Crippen LogP contribution in [0, 0.1) is 11.8 Å². The smallest absolute Gasteiger partial charge is 0.0421 e. The van der Waals surface area contributed by atoms with E-state index in [9.17, 15) is 0 Å². The first-order valence-electron chi connectivity index (χ1n) is 8.66. The maximum atomic E-state index is 6.70. The molecule has 0 saturated heterocycles. The largest absolute Gasteiger partial charge is 0.323 e. The first-order chi connectivity index (χ1) is 9.79. The Balaban J connectivity index is 1.77. The fraction of sp³-hybridized carbons (Fsp3) is 0.778. The minimum atomic E-state index is 0.303. The van der Waals surface area contributed by atoms with Gasteiger partial charge in [0.1, 0.15) is 0 Å². The second-order valence-corrected chi connectivity index (χ2v) is 7.97. The van der Waals surface area contributed by atoms with Gasteiger partial charge in [0.15, 0.2) is 0 Å². The average molecular weight is 292 g/mol. The van der Waals surface area contributed by atoms with Crippen molar-refractivity contribution in [1.29, 1.82) is 0 Å². The van der Waals surface area contributed by atoms with Gasteiger partial charge in [-0.1, -0.05) is 39.0 Å². The molecule has 2 aliphatic rings. The molecule has 0 amide bonds. The van der Waals surface area contributed by atoms with Crippen LogP contribution in [0.15, 0.2) is 6.07 Å². The number of aryl methyl sites for hydroxylation is 2. The third-order valence-corrected chi connectivity index (χ3v) is 6.89. The molecule has 3 atom stereocenters. The standard InChI is InChI=1S/C18H29NS/c1-2-13-8-6-7-10-15(13)18(19)17-12-14-9-4-3-5-11-16(14)20-17/h12-13,15,18H,2-11,19H2,1H3. The van der Waals surface area contributed by atoms with Gasteiger partial charge in [0.2, 0.25) is 0 Å². The van der Waals surface area contributed by atoms with Gasteiger partial charge in [-0.15, -0.1) is 11.3 Å². The molecule has 3 rings (SSSR count). The van der Waals surface area contributed by atoms with Crippen LogP contribution in [0.4, 0.5) is 0 Å².